The Morgan fingerprint density at radius 1 is 1.00 bits per heavy atom. The average molecular weight is 374 g/mol. The predicted octanol–water partition coefficient (Wildman–Crippen LogP) is 3.13. The van der Waals surface area contributed by atoms with Gasteiger partial charge < -0.3 is 9.47 Å². The van der Waals surface area contributed by atoms with Gasteiger partial charge in [0.05, 0.1) is 11.6 Å². The largest absolute Gasteiger partial charge is 0.482 e. The zero-order valence-corrected chi connectivity index (χ0v) is 13.6. The number of esters is 1. The highest BCUT2D eigenvalue weighted by Gasteiger charge is 2.10. The standard InChI is InChI=1S/C17H12BrNO4/c18-14-5-3-13(4-6-14)16(20)10-23-17(21)11-22-15-7-1-12(9-19)2-8-15/h1-8H,10-11H2. The molecule has 0 spiro atoms. The Morgan fingerprint density at radius 2 is 1.65 bits per heavy atom. The number of ketones is 1. The molecule has 0 saturated carbocycles. The third-order valence-electron chi connectivity index (χ3n) is 2.87. The molecule has 0 fully saturated rings. The van der Waals surface area contributed by atoms with Crippen molar-refractivity contribution in [2.45, 2.75) is 0 Å². The molecule has 0 unspecified atom stereocenters. The fourth-order valence-corrected chi connectivity index (χ4v) is 1.94. The zero-order valence-electron chi connectivity index (χ0n) is 12.0. The Kier molecular flexibility index (Phi) is 5.89. The Balaban J connectivity index is 1.77. The van der Waals surface area contributed by atoms with Crippen LogP contribution in [0.25, 0.3) is 0 Å². The Bertz CT molecular complexity index is 733. The molecule has 0 amide bonds. The van der Waals surface area contributed by atoms with Gasteiger partial charge >= 0.3 is 5.97 Å². The molecule has 2 aromatic carbocycles. The molecule has 5 nitrogen and oxygen atoms in total. The SMILES string of the molecule is N#Cc1ccc(OCC(=O)OCC(=O)c2ccc(Br)cc2)cc1. The molecule has 0 bridgehead atoms. The zero-order chi connectivity index (χ0) is 16.7. The molecular formula is C17H12BrNO4. The fraction of sp³-hybridized carbons (Fsp3) is 0.118. The number of ether oxygens (including phenoxy) is 2. The van der Waals surface area contributed by atoms with Crippen molar-refractivity contribution in [3.05, 3.63) is 64.1 Å². The van der Waals surface area contributed by atoms with Crippen molar-refractivity contribution >= 4 is 27.7 Å². The molecule has 0 saturated heterocycles. The first kappa shape index (κ1) is 16.7. The second kappa shape index (κ2) is 8.11. The summed E-state index contributed by atoms with van der Waals surface area (Å²) in [4.78, 5) is 23.4. The second-order valence-corrected chi connectivity index (χ2v) is 5.43. The van der Waals surface area contributed by atoms with Crippen molar-refractivity contribution in [3.63, 3.8) is 0 Å². The molecule has 0 aliphatic rings. The van der Waals surface area contributed by atoms with Crippen LogP contribution in [0.1, 0.15) is 15.9 Å². The van der Waals surface area contributed by atoms with Crippen molar-refractivity contribution < 1.29 is 19.1 Å². The number of benzene rings is 2. The number of Topliss-reactive ketones (excluding diaryl/α,β-unsaturated/α-hetero) is 1. The van der Waals surface area contributed by atoms with Crippen LogP contribution in [0.5, 0.6) is 5.75 Å². The first-order valence-corrected chi connectivity index (χ1v) is 7.45. The molecule has 0 aliphatic carbocycles. The fourth-order valence-electron chi connectivity index (χ4n) is 1.67. The molecule has 0 N–H and O–H groups in total. The van der Waals surface area contributed by atoms with Crippen LogP contribution in [0.3, 0.4) is 0 Å². The van der Waals surface area contributed by atoms with E-state index in [2.05, 4.69) is 15.9 Å². The molecule has 116 valence electrons. The Morgan fingerprint density at radius 3 is 2.26 bits per heavy atom. The highest BCUT2D eigenvalue weighted by molar-refractivity contribution is 9.10. The van der Waals surface area contributed by atoms with Gasteiger partial charge in [-0.3, -0.25) is 4.79 Å². The van der Waals surface area contributed by atoms with Gasteiger partial charge in [0.15, 0.2) is 19.0 Å². The molecule has 0 aliphatic heterocycles. The van der Waals surface area contributed by atoms with Gasteiger partial charge in [-0.2, -0.15) is 5.26 Å². The summed E-state index contributed by atoms with van der Waals surface area (Å²) in [5.41, 5.74) is 0.967. The number of hydrogen-bond acceptors (Lipinski definition) is 5. The van der Waals surface area contributed by atoms with Crippen LogP contribution in [0.4, 0.5) is 0 Å². The minimum absolute atomic E-state index is 0.288. The maximum absolute atomic E-state index is 11.8. The van der Waals surface area contributed by atoms with E-state index in [1.54, 1.807) is 48.5 Å². The van der Waals surface area contributed by atoms with Crippen LogP contribution >= 0.6 is 15.9 Å². The maximum atomic E-state index is 11.8. The van der Waals surface area contributed by atoms with Gasteiger partial charge in [-0.15, -0.1) is 0 Å². The monoisotopic (exact) mass is 373 g/mol. The van der Waals surface area contributed by atoms with E-state index in [1.165, 1.54) is 0 Å². The van der Waals surface area contributed by atoms with Crippen molar-refractivity contribution in [2.24, 2.45) is 0 Å². The highest BCUT2D eigenvalue weighted by atomic mass is 79.9. The molecule has 0 atom stereocenters. The molecule has 23 heavy (non-hydrogen) atoms. The topological polar surface area (TPSA) is 76.4 Å². The Hall–Kier alpha value is -2.65. The van der Waals surface area contributed by atoms with E-state index < -0.39 is 5.97 Å². The van der Waals surface area contributed by atoms with Gasteiger partial charge in [0.1, 0.15) is 5.75 Å². The first-order valence-electron chi connectivity index (χ1n) is 6.66. The van der Waals surface area contributed by atoms with Gasteiger partial charge in [0.25, 0.3) is 0 Å². The number of hydrogen-bond donors (Lipinski definition) is 0. The van der Waals surface area contributed by atoms with Crippen molar-refractivity contribution in [3.8, 4) is 11.8 Å². The van der Waals surface area contributed by atoms with Crippen LogP contribution in [0.2, 0.25) is 0 Å². The summed E-state index contributed by atoms with van der Waals surface area (Å²) in [6.07, 6.45) is 0. The summed E-state index contributed by atoms with van der Waals surface area (Å²) in [7, 11) is 0. The minimum Gasteiger partial charge on any atom is -0.482 e. The lowest BCUT2D eigenvalue weighted by Crippen LogP contribution is -2.19. The van der Waals surface area contributed by atoms with Gasteiger partial charge in [-0.1, -0.05) is 28.1 Å². The number of halogens is 1. The van der Waals surface area contributed by atoms with E-state index in [4.69, 9.17) is 14.7 Å². The molecular weight excluding hydrogens is 362 g/mol. The smallest absolute Gasteiger partial charge is 0.344 e. The van der Waals surface area contributed by atoms with Gasteiger partial charge in [-0.05, 0) is 36.4 Å². The van der Waals surface area contributed by atoms with Crippen molar-refractivity contribution in [1.82, 2.24) is 0 Å². The van der Waals surface area contributed by atoms with E-state index in [0.29, 0.717) is 16.9 Å². The molecule has 0 radical (unpaired) electrons. The van der Waals surface area contributed by atoms with Gasteiger partial charge in [-0.25, -0.2) is 4.79 Å². The van der Waals surface area contributed by atoms with Gasteiger partial charge in [0.2, 0.25) is 0 Å². The molecule has 0 heterocycles. The maximum Gasteiger partial charge on any atom is 0.344 e. The second-order valence-electron chi connectivity index (χ2n) is 4.52. The molecule has 0 aromatic heterocycles. The van der Waals surface area contributed by atoms with E-state index in [0.717, 1.165) is 4.47 Å². The number of nitrogens with zero attached hydrogens (tertiary/aromatic N) is 1. The Labute approximate surface area is 141 Å². The van der Waals surface area contributed by atoms with Crippen LogP contribution in [-0.2, 0) is 9.53 Å². The average Bonchev–Trinajstić information content (AvgIpc) is 2.59. The van der Waals surface area contributed by atoms with Crippen molar-refractivity contribution in [1.29, 1.82) is 5.26 Å². The summed E-state index contributed by atoms with van der Waals surface area (Å²) in [5.74, 6) is -0.482. The molecule has 2 aromatic rings. The third kappa shape index (κ3) is 5.24. The summed E-state index contributed by atoms with van der Waals surface area (Å²) < 4.78 is 11.0. The van der Waals surface area contributed by atoms with Crippen LogP contribution in [0.15, 0.2) is 53.0 Å². The minimum atomic E-state index is -0.639. The van der Waals surface area contributed by atoms with Crippen LogP contribution in [0, 0.1) is 11.3 Å². The van der Waals surface area contributed by atoms with Crippen molar-refractivity contribution in [2.75, 3.05) is 13.2 Å². The van der Waals surface area contributed by atoms with E-state index in [-0.39, 0.29) is 19.0 Å². The normalized spacial score (nSPS) is 9.74. The number of nitriles is 1. The van der Waals surface area contributed by atoms with E-state index in [1.807, 2.05) is 6.07 Å². The predicted molar refractivity (Wildman–Crippen MR) is 86.1 cm³/mol. The summed E-state index contributed by atoms with van der Waals surface area (Å²) in [5, 5.41) is 8.68. The lowest BCUT2D eigenvalue weighted by atomic mass is 10.1. The van der Waals surface area contributed by atoms with Crippen LogP contribution < -0.4 is 4.74 Å². The van der Waals surface area contributed by atoms with E-state index >= 15 is 0 Å². The number of carbonyl (C=O) groups excluding carboxylic acids is 2. The lowest BCUT2D eigenvalue weighted by molar-refractivity contribution is -0.144. The summed E-state index contributed by atoms with van der Waals surface area (Å²) >= 11 is 3.28. The van der Waals surface area contributed by atoms with Crippen LogP contribution in [-0.4, -0.2) is 25.0 Å². The first-order chi connectivity index (χ1) is 11.1. The third-order valence-corrected chi connectivity index (χ3v) is 3.40. The highest BCUT2D eigenvalue weighted by Crippen LogP contribution is 2.12. The summed E-state index contributed by atoms with van der Waals surface area (Å²) in [6, 6.07) is 15.1. The number of carbonyl (C=O) groups is 2. The summed E-state index contributed by atoms with van der Waals surface area (Å²) in [6.45, 7) is -0.642. The lowest BCUT2D eigenvalue weighted by Gasteiger charge is -2.07. The molecule has 6 heteroatoms. The quantitative estimate of drug-likeness (QED) is 0.574. The van der Waals surface area contributed by atoms with Gasteiger partial charge in [0, 0.05) is 10.0 Å². The van der Waals surface area contributed by atoms with E-state index in [9.17, 15) is 9.59 Å². The molecule has 2 rings (SSSR count). The number of rotatable bonds is 6.